The SMILES string of the molecule is COc1ccc(C(=O)C2CN(S(=O)(=O)Cc3ccccc3)C(N)=C2C#N)cc1. The van der Waals surface area contributed by atoms with Gasteiger partial charge >= 0.3 is 0 Å². The number of rotatable bonds is 6. The molecular weight excluding hydrogens is 378 g/mol. The molecule has 28 heavy (non-hydrogen) atoms. The van der Waals surface area contributed by atoms with Crippen molar-refractivity contribution in [1.29, 1.82) is 5.26 Å². The zero-order valence-corrected chi connectivity index (χ0v) is 16.0. The van der Waals surface area contributed by atoms with Gasteiger partial charge in [0, 0.05) is 5.56 Å². The average Bonchev–Trinajstić information content (AvgIpc) is 3.05. The molecule has 0 saturated heterocycles. The summed E-state index contributed by atoms with van der Waals surface area (Å²) in [6.07, 6.45) is 0. The Kier molecular flexibility index (Phi) is 5.38. The van der Waals surface area contributed by atoms with Crippen LogP contribution in [0.2, 0.25) is 0 Å². The number of nitriles is 1. The molecule has 0 spiro atoms. The molecule has 0 amide bonds. The van der Waals surface area contributed by atoms with Gasteiger partial charge < -0.3 is 10.5 Å². The van der Waals surface area contributed by atoms with Crippen molar-refractivity contribution in [1.82, 2.24) is 4.31 Å². The summed E-state index contributed by atoms with van der Waals surface area (Å²) in [6, 6.07) is 17.0. The summed E-state index contributed by atoms with van der Waals surface area (Å²) in [5.74, 6) is -1.17. The molecule has 8 heteroatoms. The van der Waals surface area contributed by atoms with Crippen molar-refractivity contribution in [2.45, 2.75) is 5.75 Å². The quantitative estimate of drug-likeness (QED) is 0.746. The van der Waals surface area contributed by atoms with E-state index in [1.54, 1.807) is 54.6 Å². The normalized spacial score (nSPS) is 16.7. The Morgan fingerprint density at radius 2 is 1.86 bits per heavy atom. The lowest BCUT2D eigenvalue weighted by Gasteiger charge is -2.20. The van der Waals surface area contributed by atoms with Crippen molar-refractivity contribution >= 4 is 15.8 Å². The summed E-state index contributed by atoms with van der Waals surface area (Å²) in [5.41, 5.74) is 6.88. The number of methoxy groups -OCH3 is 1. The van der Waals surface area contributed by atoms with Crippen molar-refractivity contribution in [2.24, 2.45) is 11.7 Å². The van der Waals surface area contributed by atoms with Gasteiger partial charge in [0.15, 0.2) is 5.78 Å². The third kappa shape index (κ3) is 3.70. The van der Waals surface area contributed by atoms with Crippen molar-refractivity contribution in [2.75, 3.05) is 13.7 Å². The monoisotopic (exact) mass is 397 g/mol. The van der Waals surface area contributed by atoms with E-state index in [4.69, 9.17) is 10.5 Å². The van der Waals surface area contributed by atoms with Crippen LogP contribution in [0, 0.1) is 17.2 Å². The highest BCUT2D eigenvalue weighted by Gasteiger charge is 2.40. The van der Waals surface area contributed by atoms with Gasteiger partial charge in [0.1, 0.15) is 11.6 Å². The van der Waals surface area contributed by atoms with E-state index < -0.39 is 15.9 Å². The molecule has 1 heterocycles. The van der Waals surface area contributed by atoms with Crippen LogP contribution in [0.4, 0.5) is 0 Å². The van der Waals surface area contributed by atoms with Gasteiger partial charge in [0.25, 0.3) is 0 Å². The number of sulfonamides is 1. The predicted molar refractivity (Wildman–Crippen MR) is 103 cm³/mol. The van der Waals surface area contributed by atoms with Crippen molar-refractivity contribution in [3.8, 4) is 11.8 Å². The number of benzene rings is 2. The largest absolute Gasteiger partial charge is 0.497 e. The van der Waals surface area contributed by atoms with Crippen molar-refractivity contribution in [3.63, 3.8) is 0 Å². The van der Waals surface area contributed by atoms with Crippen LogP contribution in [0.5, 0.6) is 5.75 Å². The Bertz CT molecular complexity index is 1050. The lowest BCUT2D eigenvalue weighted by Crippen LogP contribution is -2.34. The number of carbonyl (C=O) groups excluding carboxylic acids is 1. The Morgan fingerprint density at radius 1 is 1.21 bits per heavy atom. The van der Waals surface area contributed by atoms with E-state index >= 15 is 0 Å². The molecule has 144 valence electrons. The molecule has 0 aliphatic carbocycles. The van der Waals surface area contributed by atoms with Gasteiger partial charge in [-0.1, -0.05) is 30.3 Å². The molecule has 0 aromatic heterocycles. The highest BCUT2D eigenvalue weighted by Crippen LogP contribution is 2.31. The van der Waals surface area contributed by atoms with Crippen LogP contribution < -0.4 is 10.5 Å². The molecule has 3 rings (SSSR count). The van der Waals surface area contributed by atoms with Gasteiger partial charge in [-0.05, 0) is 29.8 Å². The topological polar surface area (TPSA) is 113 Å². The summed E-state index contributed by atoms with van der Waals surface area (Å²) in [6.45, 7) is -0.186. The molecule has 0 fully saturated rings. The van der Waals surface area contributed by atoms with Crippen LogP contribution >= 0.6 is 0 Å². The van der Waals surface area contributed by atoms with Crippen LogP contribution in [-0.4, -0.2) is 32.2 Å². The second-order valence-electron chi connectivity index (χ2n) is 6.33. The average molecular weight is 397 g/mol. The van der Waals surface area contributed by atoms with Gasteiger partial charge in [-0.2, -0.15) is 5.26 Å². The first-order valence-corrected chi connectivity index (χ1v) is 10.1. The second kappa shape index (κ2) is 7.74. The van der Waals surface area contributed by atoms with E-state index in [1.807, 2.05) is 6.07 Å². The Morgan fingerprint density at radius 3 is 2.43 bits per heavy atom. The molecule has 1 unspecified atom stereocenters. The van der Waals surface area contributed by atoms with E-state index in [0.717, 1.165) is 4.31 Å². The highest BCUT2D eigenvalue weighted by atomic mass is 32.2. The van der Waals surface area contributed by atoms with Gasteiger partial charge in [-0.15, -0.1) is 0 Å². The maximum Gasteiger partial charge on any atom is 0.240 e. The third-order valence-corrected chi connectivity index (χ3v) is 6.30. The van der Waals surface area contributed by atoms with Crippen molar-refractivity contribution < 1.29 is 17.9 Å². The molecule has 0 bridgehead atoms. The summed E-state index contributed by atoms with van der Waals surface area (Å²) in [5, 5.41) is 9.48. The fourth-order valence-corrected chi connectivity index (χ4v) is 4.64. The first-order valence-electron chi connectivity index (χ1n) is 8.49. The number of carbonyl (C=O) groups is 1. The van der Waals surface area contributed by atoms with Crippen molar-refractivity contribution in [3.05, 3.63) is 77.1 Å². The first kappa shape index (κ1) is 19.5. The molecule has 7 nitrogen and oxygen atoms in total. The lowest BCUT2D eigenvalue weighted by atomic mass is 9.93. The number of ketones is 1. The van der Waals surface area contributed by atoms with Gasteiger partial charge in [-0.3, -0.25) is 9.10 Å². The molecule has 1 aliphatic heterocycles. The minimum absolute atomic E-state index is 0.0301. The zero-order valence-electron chi connectivity index (χ0n) is 15.2. The van der Waals surface area contributed by atoms with Crippen LogP contribution in [-0.2, 0) is 15.8 Å². The van der Waals surface area contributed by atoms with E-state index in [9.17, 15) is 18.5 Å². The summed E-state index contributed by atoms with van der Waals surface area (Å²) in [4.78, 5) is 12.9. The number of hydrogen-bond acceptors (Lipinski definition) is 6. The predicted octanol–water partition coefficient (Wildman–Crippen LogP) is 2.03. The van der Waals surface area contributed by atoms with E-state index in [2.05, 4.69) is 0 Å². The highest BCUT2D eigenvalue weighted by molar-refractivity contribution is 7.88. The first-order chi connectivity index (χ1) is 13.4. The number of nitrogens with two attached hydrogens (primary N) is 1. The Balaban J connectivity index is 1.88. The number of hydrogen-bond donors (Lipinski definition) is 1. The number of ether oxygens (including phenoxy) is 1. The Labute approximate surface area is 163 Å². The van der Waals surface area contributed by atoms with Gasteiger partial charge in [0.2, 0.25) is 10.0 Å². The maximum absolute atomic E-state index is 12.9. The smallest absolute Gasteiger partial charge is 0.240 e. The van der Waals surface area contributed by atoms with Gasteiger partial charge in [-0.25, -0.2) is 8.42 Å². The van der Waals surface area contributed by atoms with Crippen LogP contribution in [0.25, 0.3) is 0 Å². The molecule has 2 aromatic carbocycles. The van der Waals surface area contributed by atoms with Crippen LogP contribution in [0.1, 0.15) is 15.9 Å². The molecule has 1 atom stereocenters. The Hall–Kier alpha value is -3.31. The molecule has 1 aliphatic rings. The van der Waals surface area contributed by atoms with E-state index in [1.165, 1.54) is 7.11 Å². The van der Waals surface area contributed by atoms with E-state index in [0.29, 0.717) is 16.9 Å². The summed E-state index contributed by atoms with van der Waals surface area (Å²) >= 11 is 0. The maximum atomic E-state index is 12.9. The zero-order chi connectivity index (χ0) is 20.3. The van der Waals surface area contributed by atoms with Crippen LogP contribution in [0.15, 0.2) is 66.0 Å². The third-order valence-electron chi connectivity index (χ3n) is 4.58. The fraction of sp³-hybridized carbons (Fsp3) is 0.200. The molecule has 0 saturated carbocycles. The molecular formula is C20H19N3O4S. The summed E-state index contributed by atoms with van der Waals surface area (Å²) in [7, 11) is -2.32. The molecule has 0 radical (unpaired) electrons. The summed E-state index contributed by atoms with van der Waals surface area (Å²) < 4.78 is 31.7. The number of nitrogens with zero attached hydrogens (tertiary/aromatic N) is 2. The fourth-order valence-electron chi connectivity index (χ4n) is 3.10. The van der Waals surface area contributed by atoms with E-state index in [-0.39, 0.29) is 29.5 Å². The standard InChI is InChI=1S/C20H19N3O4S/c1-27-16-9-7-15(8-10-16)19(24)18-12-23(20(22)17(18)11-21)28(25,26)13-14-5-3-2-4-6-14/h2-10,18H,12-13,22H2,1H3. The minimum atomic E-state index is -3.84. The lowest BCUT2D eigenvalue weighted by molar-refractivity contribution is 0.0942. The van der Waals surface area contributed by atoms with Gasteiger partial charge in [0.05, 0.1) is 37.0 Å². The number of Topliss-reactive ketones (excluding diaryl/α,β-unsaturated/α-hetero) is 1. The molecule has 2 aromatic rings. The molecule has 2 N–H and O–H groups in total. The second-order valence-corrected chi connectivity index (χ2v) is 8.22. The van der Waals surface area contributed by atoms with Crippen LogP contribution in [0.3, 0.4) is 0 Å². The minimum Gasteiger partial charge on any atom is -0.497 e.